The van der Waals surface area contributed by atoms with Crippen molar-refractivity contribution in [2.75, 3.05) is 12.8 Å². The summed E-state index contributed by atoms with van der Waals surface area (Å²) in [5.74, 6) is -1.45. The van der Waals surface area contributed by atoms with Gasteiger partial charge in [-0.05, 0) is 25.1 Å². The quantitative estimate of drug-likeness (QED) is 0.663. The highest BCUT2D eigenvalue weighted by atomic mass is 32.2. The zero-order chi connectivity index (χ0) is 13.9. The molecule has 0 spiro atoms. The predicted molar refractivity (Wildman–Crippen MR) is 64.7 cm³/mol. The molecule has 0 saturated carbocycles. The Morgan fingerprint density at radius 3 is 2.61 bits per heavy atom. The van der Waals surface area contributed by atoms with Gasteiger partial charge < -0.3 is 11.1 Å². The van der Waals surface area contributed by atoms with Gasteiger partial charge in [0.1, 0.15) is 10.7 Å². The van der Waals surface area contributed by atoms with Crippen molar-refractivity contribution in [3.8, 4) is 0 Å². The fourth-order valence-corrected chi connectivity index (χ4v) is 2.61. The highest BCUT2D eigenvalue weighted by Gasteiger charge is 2.24. The van der Waals surface area contributed by atoms with Crippen molar-refractivity contribution < 1.29 is 17.6 Å². The van der Waals surface area contributed by atoms with Gasteiger partial charge in [-0.15, -0.1) is 0 Å². The van der Waals surface area contributed by atoms with Crippen LogP contribution in [-0.4, -0.2) is 27.4 Å². The number of nitrogens with two attached hydrogens (primary N) is 1. The van der Waals surface area contributed by atoms with Crippen LogP contribution >= 0.6 is 0 Å². The van der Waals surface area contributed by atoms with Crippen molar-refractivity contribution in [1.29, 1.82) is 0 Å². The number of anilines is 1. The number of sulfonamides is 1. The SMILES string of the molecule is CNC(=O)C(C)NS(=O)(=O)c1cc(N)ccc1F. The summed E-state index contributed by atoms with van der Waals surface area (Å²) >= 11 is 0. The molecule has 0 aliphatic rings. The minimum Gasteiger partial charge on any atom is -0.399 e. The van der Waals surface area contributed by atoms with E-state index in [1.807, 2.05) is 0 Å². The summed E-state index contributed by atoms with van der Waals surface area (Å²) in [5, 5.41) is 2.28. The lowest BCUT2D eigenvalue weighted by molar-refractivity contribution is -0.121. The number of rotatable bonds is 4. The molecule has 8 heteroatoms. The molecule has 1 rings (SSSR count). The average molecular weight is 275 g/mol. The second-order valence-electron chi connectivity index (χ2n) is 3.65. The fraction of sp³-hybridized carbons (Fsp3) is 0.300. The van der Waals surface area contributed by atoms with E-state index in [1.165, 1.54) is 20.0 Å². The van der Waals surface area contributed by atoms with Crippen LogP contribution < -0.4 is 15.8 Å². The van der Waals surface area contributed by atoms with Crippen LogP contribution in [0, 0.1) is 5.82 Å². The highest BCUT2D eigenvalue weighted by molar-refractivity contribution is 7.89. The molecule has 18 heavy (non-hydrogen) atoms. The third kappa shape index (κ3) is 3.17. The van der Waals surface area contributed by atoms with E-state index < -0.39 is 32.7 Å². The Bertz CT molecular complexity index is 559. The second kappa shape index (κ2) is 5.32. The molecule has 0 heterocycles. The smallest absolute Gasteiger partial charge is 0.244 e. The monoisotopic (exact) mass is 275 g/mol. The molecular formula is C10H14FN3O3S. The lowest BCUT2D eigenvalue weighted by Gasteiger charge is -2.13. The van der Waals surface area contributed by atoms with Gasteiger partial charge in [-0.3, -0.25) is 4.79 Å². The van der Waals surface area contributed by atoms with Gasteiger partial charge in [0.25, 0.3) is 0 Å². The van der Waals surface area contributed by atoms with Crippen LogP contribution in [0.25, 0.3) is 0 Å². The van der Waals surface area contributed by atoms with Crippen LogP contribution in [0.4, 0.5) is 10.1 Å². The lowest BCUT2D eigenvalue weighted by Crippen LogP contribution is -2.43. The molecule has 1 atom stereocenters. The first kappa shape index (κ1) is 14.4. The van der Waals surface area contributed by atoms with Gasteiger partial charge in [0.15, 0.2) is 0 Å². The normalized spacial score (nSPS) is 13.1. The highest BCUT2D eigenvalue weighted by Crippen LogP contribution is 2.17. The van der Waals surface area contributed by atoms with Crippen molar-refractivity contribution in [2.24, 2.45) is 0 Å². The number of amides is 1. The minimum atomic E-state index is -4.13. The molecule has 4 N–H and O–H groups in total. The topological polar surface area (TPSA) is 101 Å². The second-order valence-corrected chi connectivity index (χ2v) is 5.33. The van der Waals surface area contributed by atoms with Crippen LogP contribution in [0.5, 0.6) is 0 Å². The molecule has 0 bridgehead atoms. The van der Waals surface area contributed by atoms with E-state index in [1.54, 1.807) is 0 Å². The van der Waals surface area contributed by atoms with E-state index in [9.17, 15) is 17.6 Å². The Kier molecular flexibility index (Phi) is 4.25. The zero-order valence-corrected chi connectivity index (χ0v) is 10.7. The van der Waals surface area contributed by atoms with Gasteiger partial charge in [0, 0.05) is 12.7 Å². The molecule has 0 radical (unpaired) electrons. The number of hydrogen-bond acceptors (Lipinski definition) is 4. The number of hydrogen-bond donors (Lipinski definition) is 3. The van der Waals surface area contributed by atoms with Crippen molar-refractivity contribution >= 4 is 21.6 Å². The summed E-state index contributed by atoms with van der Waals surface area (Å²) in [6.45, 7) is 1.35. The molecule has 0 fully saturated rings. The first-order chi connectivity index (χ1) is 8.27. The van der Waals surface area contributed by atoms with E-state index in [4.69, 9.17) is 5.73 Å². The van der Waals surface area contributed by atoms with E-state index in [0.717, 1.165) is 12.1 Å². The molecule has 0 saturated heterocycles. The maximum absolute atomic E-state index is 13.4. The first-order valence-electron chi connectivity index (χ1n) is 5.07. The summed E-state index contributed by atoms with van der Waals surface area (Å²) in [6.07, 6.45) is 0. The van der Waals surface area contributed by atoms with Gasteiger partial charge in [0.05, 0.1) is 6.04 Å². The van der Waals surface area contributed by atoms with Gasteiger partial charge in [-0.2, -0.15) is 4.72 Å². The third-order valence-electron chi connectivity index (χ3n) is 2.22. The Labute approximate surface area is 104 Å². The molecule has 0 aromatic heterocycles. The molecule has 6 nitrogen and oxygen atoms in total. The Morgan fingerprint density at radius 2 is 2.06 bits per heavy atom. The van der Waals surface area contributed by atoms with Crippen LogP contribution in [0.15, 0.2) is 23.1 Å². The van der Waals surface area contributed by atoms with E-state index in [2.05, 4.69) is 10.0 Å². The van der Waals surface area contributed by atoms with E-state index in [-0.39, 0.29) is 5.69 Å². The first-order valence-corrected chi connectivity index (χ1v) is 6.55. The van der Waals surface area contributed by atoms with Gasteiger partial charge in [-0.1, -0.05) is 0 Å². The lowest BCUT2D eigenvalue weighted by atomic mass is 10.3. The number of halogens is 1. The maximum Gasteiger partial charge on any atom is 0.244 e. The minimum absolute atomic E-state index is 0.115. The van der Waals surface area contributed by atoms with E-state index in [0.29, 0.717) is 0 Å². The van der Waals surface area contributed by atoms with Crippen molar-refractivity contribution in [3.05, 3.63) is 24.0 Å². The fourth-order valence-electron chi connectivity index (χ4n) is 1.29. The number of likely N-dealkylation sites (N-methyl/N-ethyl adjacent to an activating group) is 1. The standard InChI is InChI=1S/C10H14FN3O3S/c1-6(10(15)13-2)14-18(16,17)9-5-7(12)3-4-8(9)11/h3-6,14H,12H2,1-2H3,(H,13,15). The zero-order valence-electron chi connectivity index (χ0n) is 9.90. The number of carbonyl (C=O) groups is 1. The summed E-state index contributed by atoms with van der Waals surface area (Å²) in [6, 6.07) is 2.18. The van der Waals surface area contributed by atoms with Crippen LogP contribution in [-0.2, 0) is 14.8 Å². The molecule has 100 valence electrons. The number of carbonyl (C=O) groups excluding carboxylic acids is 1. The molecule has 1 unspecified atom stereocenters. The van der Waals surface area contributed by atoms with Crippen LogP contribution in [0.1, 0.15) is 6.92 Å². The Balaban J connectivity index is 3.07. The van der Waals surface area contributed by atoms with Crippen molar-refractivity contribution in [3.63, 3.8) is 0 Å². The Hall–Kier alpha value is -1.67. The van der Waals surface area contributed by atoms with Gasteiger partial charge >= 0.3 is 0 Å². The summed E-state index contributed by atoms with van der Waals surface area (Å²) in [5.41, 5.74) is 5.52. The molecule has 1 aromatic rings. The third-order valence-corrected chi connectivity index (χ3v) is 3.77. The van der Waals surface area contributed by atoms with Crippen LogP contribution in [0.3, 0.4) is 0 Å². The predicted octanol–water partition coefficient (Wildman–Crippen LogP) is -0.179. The number of benzene rings is 1. The molecular weight excluding hydrogens is 261 g/mol. The van der Waals surface area contributed by atoms with Gasteiger partial charge in [-0.25, -0.2) is 12.8 Å². The van der Waals surface area contributed by atoms with Crippen molar-refractivity contribution in [2.45, 2.75) is 17.9 Å². The largest absolute Gasteiger partial charge is 0.399 e. The van der Waals surface area contributed by atoms with E-state index >= 15 is 0 Å². The number of nitrogen functional groups attached to an aromatic ring is 1. The average Bonchev–Trinajstić information content (AvgIpc) is 2.30. The summed E-state index contributed by atoms with van der Waals surface area (Å²) < 4.78 is 39.2. The van der Waals surface area contributed by atoms with Crippen molar-refractivity contribution in [1.82, 2.24) is 10.0 Å². The molecule has 1 aromatic carbocycles. The van der Waals surface area contributed by atoms with Crippen LogP contribution in [0.2, 0.25) is 0 Å². The van der Waals surface area contributed by atoms with Gasteiger partial charge in [0.2, 0.25) is 15.9 Å². The molecule has 1 amide bonds. The summed E-state index contributed by atoms with van der Waals surface area (Å²) in [7, 11) is -2.76. The molecule has 0 aliphatic heterocycles. The summed E-state index contributed by atoms with van der Waals surface area (Å²) in [4.78, 5) is 10.6. The maximum atomic E-state index is 13.4. The Morgan fingerprint density at radius 1 is 1.44 bits per heavy atom. The number of nitrogens with one attached hydrogen (secondary N) is 2. The molecule has 0 aliphatic carbocycles.